The van der Waals surface area contributed by atoms with Gasteiger partial charge in [0.1, 0.15) is 5.76 Å². The zero-order chi connectivity index (χ0) is 23.4. The zero-order valence-corrected chi connectivity index (χ0v) is 19.0. The minimum Gasteiger partial charge on any atom is -0.468 e. The summed E-state index contributed by atoms with van der Waals surface area (Å²) in [6.45, 7) is 0.892. The van der Waals surface area contributed by atoms with Crippen LogP contribution in [-0.2, 0) is 39.0 Å². The lowest BCUT2D eigenvalue weighted by atomic mass is 10.1. The highest BCUT2D eigenvalue weighted by Gasteiger charge is 2.28. The number of nitrogens with zero attached hydrogens (tertiary/aromatic N) is 1. The van der Waals surface area contributed by atoms with E-state index in [4.69, 9.17) is 4.42 Å². The summed E-state index contributed by atoms with van der Waals surface area (Å²) in [6.07, 6.45) is 4.57. The number of hydrogen-bond donors (Lipinski definition) is 2. The summed E-state index contributed by atoms with van der Waals surface area (Å²) in [7, 11) is -4.02. The van der Waals surface area contributed by atoms with E-state index in [9.17, 15) is 18.0 Å². The van der Waals surface area contributed by atoms with Crippen molar-refractivity contribution in [3.8, 4) is 0 Å². The fraction of sp³-hybridized carbons (Fsp3) is 0.250. The second-order valence-electron chi connectivity index (χ2n) is 7.94. The fourth-order valence-electron chi connectivity index (χ4n) is 3.88. The van der Waals surface area contributed by atoms with Crippen LogP contribution in [0.4, 0.5) is 11.4 Å². The molecule has 2 amide bonds. The lowest BCUT2D eigenvalue weighted by Crippen LogP contribution is -2.37. The molecule has 0 bridgehead atoms. The number of carbonyl (C=O) groups excluding carboxylic acids is 2. The predicted molar refractivity (Wildman–Crippen MR) is 124 cm³/mol. The van der Waals surface area contributed by atoms with Gasteiger partial charge in [-0.15, -0.1) is 0 Å². The van der Waals surface area contributed by atoms with Crippen molar-refractivity contribution in [2.45, 2.75) is 37.6 Å². The van der Waals surface area contributed by atoms with E-state index < -0.39 is 15.9 Å². The topological polar surface area (TPSA) is 109 Å². The molecule has 172 valence electrons. The van der Waals surface area contributed by atoms with Crippen molar-refractivity contribution in [1.82, 2.24) is 4.31 Å². The van der Waals surface area contributed by atoms with Gasteiger partial charge in [-0.2, -0.15) is 4.31 Å². The normalized spacial score (nSPS) is 13.0. The van der Waals surface area contributed by atoms with E-state index in [-0.39, 0.29) is 23.9 Å². The summed E-state index contributed by atoms with van der Waals surface area (Å²) in [6, 6.07) is 14.9. The van der Waals surface area contributed by atoms with Crippen LogP contribution in [-0.4, -0.2) is 31.1 Å². The fourth-order valence-corrected chi connectivity index (χ4v) is 5.24. The first-order valence-corrected chi connectivity index (χ1v) is 12.1. The number of furan rings is 1. The van der Waals surface area contributed by atoms with Crippen molar-refractivity contribution in [3.05, 3.63) is 77.7 Å². The van der Waals surface area contributed by atoms with E-state index in [1.165, 1.54) is 48.6 Å². The number of benzene rings is 2. The van der Waals surface area contributed by atoms with Gasteiger partial charge in [-0.05, 0) is 78.9 Å². The molecule has 1 heterocycles. The van der Waals surface area contributed by atoms with E-state index in [2.05, 4.69) is 10.6 Å². The summed E-state index contributed by atoms with van der Waals surface area (Å²) in [4.78, 5) is 24.0. The molecule has 0 saturated carbocycles. The van der Waals surface area contributed by atoms with Gasteiger partial charge in [0.15, 0.2) is 0 Å². The summed E-state index contributed by atoms with van der Waals surface area (Å²) in [5.74, 6) is -0.287. The number of rotatable bonds is 8. The lowest BCUT2D eigenvalue weighted by Gasteiger charge is -2.21. The van der Waals surface area contributed by atoms with Crippen molar-refractivity contribution < 1.29 is 22.4 Å². The number of carbonyl (C=O) groups is 2. The molecule has 0 aliphatic heterocycles. The zero-order valence-electron chi connectivity index (χ0n) is 18.2. The van der Waals surface area contributed by atoms with Crippen molar-refractivity contribution in [1.29, 1.82) is 0 Å². The summed E-state index contributed by atoms with van der Waals surface area (Å²) >= 11 is 0. The largest absolute Gasteiger partial charge is 0.468 e. The summed E-state index contributed by atoms with van der Waals surface area (Å²) in [5.41, 5.74) is 3.63. The minimum absolute atomic E-state index is 0.00786. The third-order valence-electron chi connectivity index (χ3n) is 5.43. The standard InChI is InChI=1S/C24H25N3O5S/c1-17(28)25-20-9-11-23(12-10-20)33(30,31)27(15-22-6-3-13-32-22)16-24(29)26-21-8-7-18-4-2-5-19(18)14-21/h3,6-14H,2,4-5,15-16H2,1H3,(H,25,28)(H,26,29). The SMILES string of the molecule is CC(=O)Nc1ccc(S(=O)(=O)N(CC(=O)Nc2ccc3c(c2)CCC3)Cc2ccco2)cc1. The van der Waals surface area contributed by atoms with Gasteiger partial charge in [-0.25, -0.2) is 8.42 Å². The molecule has 3 aromatic rings. The van der Waals surface area contributed by atoms with Crippen LogP contribution < -0.4 is 10.6 Å². The minimum atomic E-state index is -4.02. The van der Waals surface area contributed by atoms with E-state index in [1.54, 1.807) is 12.1 Å². The molecule has 4 rings (SSSR count). The Morgan fingerprint density at radius 2 is 1.70 bits per heavy atom. The van der Waals surface area contributed by atoms with Crippen LogP contribution in [0.15, 0.2) is 70.2 Å². The van der Waals surface area contributed by atoms with Crippen molar-refractivity contribution in [2.24, 2.45) is 0 Å². The third kappa shape index (κ3) is 5.50. The Morgan fingerprint density at radius 3 is 2.39 bits per heavy atom. The van der Waals surface area contributed by atoms with Crippen molar-refractivity contribution in [3.63, 3.8) is 0 Å². The quantitative estimate of drug-likeness (QED) is 0.527. The first-order valence-electron chi connectivity index (χ1n) is 10.6. The highest BCUT2D eigenvalue weighted by molar-refractivity contribution is 7.89. The molecular formula is C24H25N3O5S. The highest BCUT2D eigenvalue weighted by Crippen LogP contribution is 2.25. The van der Waals surface area contributed by atoms with Gasteiger partial charge < -0.3 is 15.1 Å². The average molecular weight is 468 g/mol. The maximum absolute atomic E-state index is 13.4. The average Bonchev–Trinajstić information content (AvgIpc) is 3.44. The van der Waals surface area contributed by atoms with Gasteiger partial charge in [0.05, 0.1) is 24.2 Å². The number of sulfonamides is 1. The summed E-state index contributed by atoms with van der Waals surface area (Å²) in [5, 5.41) is 5.41. The van der Waals surface area contributed by atoms with E-state index in [0.29, 0.717) is 17.1 Å². The monoisotopic (exact) mass is 467 g/mol. The smallest absolute Gasteiger partial charge is 0.243 e. The number of hydrogen-bond acceptors (Lipinski definition) is 5. The molecule has 8 nitrogen and oxygen atoms in total. The molecule has 33 heavy (non-hydrogen) atoms. The van der Waals surface area contributed by atoms with Crippen LogP contribution in [0.3, 0.4) is 0 Å². The Bertz CT molecular complexity index is 1250. The van der Waals surface area contributed by atoms with Gasteiger partial charge in [0.2, 0.25) is 21.8 Å². The molecule has 1 aliphatic rings. The van der Waals surface area contributed by atoms with Gasteiger partial charge in [-0.1, -0.05) is 6.07 Å². The van der Waals surface area contributed by atoms with Crippen LogP contribution in [0, 0.1) is 0 Å². The number of amides is 2. The van der Waals surface area contributed by atoms with Gasteiger partial charge >= 0.3 is 0 Å². The Kier molecular flexibility index (Phi) is 6.62. The molecule has 0 atom stereocenters. The Morgan fingerprint density at radius 1 is 0.970 bits per heavy atom. The number of nitrogens with one attached hydrogen (secondary N) is 2. The molecule has 0 unspecified atom stereocenters. The van der Waals surface area contributed by atoms with Crippen LogP contribution >= 0.6 is 0 Å². The maximum atomic E-state index is 13.4. The van der Waals surface area contributed by atoms with Crippen LogP contribution in [0.2, 0.25) is 0 Å². The first kappa shape index (κ1) is 22.8. The van der Waals surface area contributed by atoms with Crippen molar-refractivity contribution in [2.75, 3.05) is 17.2 Å². The van der Waals surface area contributed by atoms with Gasteiger partial charge in [0, 0.05) is 18.3 Å². The number of anilines is 2. The molecular weight excluding hydrogens is 442 g/mol. The highest BCUT2D eigenvalue weighted by atomic mass is 32.2. The first-order chi connectivity index (χ1) is 15.8. The predicted octanol–water partition coefficient (Wildman–Crippen LogP) is 3.56. The second-order valence-corrected chi connectivity index (χ2v) is 9.88. The van der Waals surface area contributed by atoms with E-state index in [0.717, 1.165) is 23.6 Å². The molecule has 0 fully saturated rings. The molecule has 1 aliphatic carbocycles. The lowest BCUT2D eigenvalue weighted by molar-refractivity contribution is -0.116. The third-order valence-corrected chi connectivity index (χ3v) is 7.23. The Hall–Kier alpha value is -3.43. The molecule has 9 heteroatoms. The maximum Gasteiger partial charge on any atom is 0.243 e. The molecule has 0 radical (unpaired) electrons. The van der Waals surface area contributed by atoms with Crippen molar-refractivity contribution >= 4 is 33.2 Å². The molecule has 2 N–H and O–H groups in total. The van der Waals surface area contributed by atoms with Gasteiger partial charge in [0.25, 0.3) is 0 Å². The second kappa shape index (κ2) is 9.60. The summed E-state index contributed by atoms with van der Waals surface area (Å²) < 4.78 is 33.1. The van der Waals surface area contributed by atoms with E-state index in [1.807, 2.05) is 18.2 Å². The van der Waals surface area contributed by atoms with Crippen LogP contribution in [0.25, 0.3) is 0 Å². The molecule has 2 aromatic carbocycles. The van der Waals surface area contributed by atoms with Crippen LogP contribution in [0.5, 0.6) is 0 Å². The number of aryl methyl sites for hydroxylation is 2. The van der Waals surface area contributed by atoms with Crippen LogP contribution in [0.1, 0.15) is 30.2 Å². The Labute approximate surface area is 192 Å². The van der Waals surface area contributed by atoms with Gasteiger partial charge in [-0.3, -0.25) is 9.59 Å². The molecule has 0 spiro atoms. The molecule has 1 aromatic heterocycles. The Balaban J connectivity index is 1.54. The number of fused-ring (bicyclic) bond motifs is 1. The molecule has 0 saturated heterocycles. The van der Waals surface area contributed by atoms with E-state index >= 15 is 0 Å².